The van der Waals surface area contributed by atoms with Crippen molar-refractivity contribution in [2.75, 3.05) is 7.05 Å². The molecule has 0 spiro atoms. The molecule has 0 saturated carbocycles. The quantitative estimate of drug-likeness (QED) is 0.733. The number of carbonyl (C=O) groups excluding carboxylic acids is 1. The highest BCUT2D eigenvalue weighted by Gasteiger charge is 1.99. The van der Waals surface area contributed by atoms with Crippen molar-refractivity contribution in [3.63, 3.8) is 0 Å². The summed E-state index contributed by atoms with van der Waals surface area (Å²) in [5, 5.41) is 11.5. The van der Waals surface area contributed by atoms with Crippen molar-refractivity contribution in [1.82, 2.24) is 5.32 Å². The van der Waals surface area contributed by atoms with Gasteiger partial charge in [0.15, 0.2) is 0 Å². The van der Waals surface area contributed by atoms with Crippen LogP contribution in [0.5, 0.6) is 5.75 Å². The second-order valence-corrected chi connectivity index (χ2v) is 4.71. The van der Waals surface area contributed by atoms with Gasteiger partial charge in [0.25, 0.3) is 5.91 Å². The zero-order chi connectivity index (χ0) is 19.1. The lowest BCUT2D eigenvalue weighted by molar-refractivity contribution is 0.0963. The highest BCUT2D eigenvalue weighted by molar-refractivity contribution is 5.93. The SMILES string of the molecule is CC.CC.CNC(=O)c1ccc(C)cc1.Cc1ccc(O)cc1C. The largest absolute Gasteiger partial charge is 0.508 e. The van der Waals surface area contributed by atoms with Gasteiger partial charge in [-0.05, 0) is 56.2 Å². The number of aryl methyl sites for hydroxylation is 3. The summed E-state index contributed by atoms with van der Waals surface area (Å²) in [5.74, 6) is 0.308. The summed E-state index contributed by atoms with van der Waals surface area (Å²) in [6.45, 7) is 14.0. The molecule has 24 heavy (non-hydrogen) atoms. The van der Waals surface area contributed by atoms with E-state index in [4.69, 9.17) is 5.11 Å². The average molecular weight is 332 g/mol. The normalized spacial score (nSPS) is 8.33. The molecule has 3 heteroatoms. The molecular formula is C21H33NO2. The van der Waals surface area contributed by atoms with Crippen LogP contribution in [0, 0.1) is 20.8 Å². The zero-order valence-electron chi connectivity index (χ0n) is 16.4. The van der Waals surface area contributed by atoms with E-state index < -0.39 is 0 Å². The van der Waals surface area contributed by atoms with Crippen LogP contribution in [0.1, 0.15) is 54.7 Å². The van der Waals surface area contributed by atoms with Crippen molar-refractivity contribution in [1.29, 1.82) is 0 Å². The average Bonchev–Trinajstić information content (AvgIpc) is 2.62. The first-order valence-corrected chi connectivity index (χ1v) is 8.49. The van der Waals surface area contributed by atoms with Crippen molar-refractivity contribution >= 4 is 5.91 Å². The minimum absolute atomic E-state index is 0.0370. The van der Waals surface area contributed by atoms with E-state index in [1.165, 1.54) is 5.56 Å². The Labute approximate surface area is 147 Å². The molecule has 2 aromatic rings. The van der Waals surface area contributed by atoms with Gasteiger partial charge in [0, 0.05) is 12.6 Å². The third kappa shape index (κ3) is 9.67. The van der Waals surface area contributed by atoms with Gasteiger partial charge in [-0.3, -0.25) is 4.79 Å². The predicted octanol–water partition coefficient (Wildman–Crippen LogP) is 5.42. The Morgan fingerprint density at radius 3 is 1.71 bits per heavy atom. The third-order valence-electron chi connectivity index (χ3n) is 3.03. The number of aromatic hydroxyl groups is 1. The van der Waals surface area contributed by atoms with Crippen molar-refractivity contribution < 1.29 is 9.90 Å². The van der Waals surface area contributed by atoms with E-state index in [1.807, 2.05) is 78.8 Å². The minimum atomic E-state index is -0.0370. The van der Waals surface area contributed by atoms with Gasteiger partial charge in [0.1, 0.15) is 5.75 Å². The molecule has 1 amide bonds. The van der Waals surface area contributed by atoms with E-state index in [9.17, 15) is 4.79 Å². The molecule has 2 aromatic carbocycles. The van der Waals surface area contributed by atoms with Crippen LogP contribution in [0.25, 0.3) is 0 Å². The van der Waals surface area contributed by atoms with Crippen LogP contribution in [0.3, 0.4) is 0 Å². The summed E-state index contributed by atoms with van der Waals surface area (Å²) in [7, 11) is 1.63. The molecule has 0 aliphatic heterocycles. The number of phenolic OH excluding ortho intramolecular Hbond substituents is 1. The lowest BCUT2D eigenvalue weighted by atomic mass is 10.1. The number of hydrogen-bond donors (Lipinski definition) is 2. The molecule has 0 bridgehead atoms. The Balaban J connectivity index is 0. The monoisotopic (exact) mass is 331 g/mol. The Kier molecular flexibility index (Phi) is 14.3. The van der Waals surface area contributed by atoms with Crippen LogP contribution < -0.4 is 5.32 Å². The topological polar surface area (TPSA) is 49.3 Å². The second kappa shape index (κ2) is 14.3. The van der Waals surface area contributed by atoms with Crippen molar-refractivity contribution in [3.8, 4) is 5.75 Å². The number of nitrogens with one attached hydrogen (secondary N) is 1. The van der Waals surface area contributed by atoms with Gasteiger partial charge in [-0.15, -0.1) is 0 Å². The summed E-state index contributed by atoms with van der Waals surface area (Å²) < 4.78 is 0. The molecule has 0 heterocycles. The molecule has 0 aliphatic carbocycles. The Morgan fingerprint density at radius 1 is 0.833 bits per heavy atom. The van der Waals surface area contributed by atoms with E-state index in [2.05, 4.69) is 5.32 Å². The van der Waals surface area contributed by atoms with Crippen LogP contribution >= 0.6 is 0 Å². The van der Waals surface area contributed by atoms with Gasteiger partial charge >= 0.3 is 0 Å². The second-order valence-electron chi connectivity index (χ2n) is 4.71. The van der Waals surface area contributed by atoms with Crippen LogP contribution in [-0.2, 0) is 0 Å². The number of rotatable bonds is 1. The van der Waals surface area contributed by atoms with Crippen LogP contribution in [0.4, 0.5) is 0 Å². The maximum atomic E-state index is 11.0. The van der Waals surface area contributed by atoms with Gasteiger partial charge in [0.2, 0.25) is 0 Å². The Morgan fingerprint density at radius 2 is 1.33 bits per heavy atom. The summed E-state index contributed by atoms with van der Waals surface area (Å²) in [6.07, 6.45) is 0. The smallest absolute Gasteiger partial charge is 0.251 e. The molecule has 134 valence electrons. The van der Waals surface area contributed by atoms with E-state index in [1.54, 1.807) is 19.2 Å². The maximum absolute atomic E-state index is 11.0. The number of carbonyl (C=O) groups is 1. The third-order valence-corrected chi connectivity index (χ3v) is 3.03. The van der Waals surface area contributed by atoms with Gasteiger partial charge in [0.05, 0.1) is 0 Å². The first kappa shape index (κ1) is 24.0. The van der Waals surface area contributed by atoms with Gasteiger partial charge in [-0.1, -0.05) is 51.5 Å². The number of hydrogen-bond acceptors (Lipinski definition) is 2. The molecule has 0 atom stereocenters. The van der Waals surface area contributed by atoms with E-state index >= 15 is 0 Å². The highest BCUT2D eigenvalue weighted by atomic mass is 16.3. The first-order valence-electron chi connectivity index (χ1n) is 8.49. The van der Waals surface area contributed by atoms with Crippen molar-refractivity contribution in [2.45, 2.75) is 48.5 Å². The standard InChI is InChI=1S/C9H11NO.C8H10O.2C2H6/c1-7-3-5-8(6-4-7)9(11)10-2;1-6-3-4-8(9)5-7(6)2;2*1-2/h3-6H,1-2H3,(H,10,11);3-5,9H,1-2H3;2*1-2H3. The molecule has 0 fully saturated rings. The first-order chi connectivity index (χ1) is 11.4. The summed E-state index contributed by atoms with van der Waals surface area (Å²) >= 11 is 0. The van der Waals surface area contributed by atoms with Crippen LogP contribution in [-0.4, -0.2) is 18.1 Å². The van der Waals surface area contributed by atoms with Crippen molar-refractivity contribution in [2.24, 2.45) is 0 Å². The Bertz CT molecular complexity index is 575. The molecule has 0 radical (unpaired) electrons. The predicted molar refractivity (Wildman–Crippen MR) is 105 cm³/mol. The summed E-state index contributed by atoms with van der Waals surface area (Å²) in [5.41, 5.74) is 4.22. The Hall–Kier alpha value is -2.29. The van der Waals surface area contributed by atoms with Gasteiger partial charge < -0.3 is 10.4 Å². The fourth-order valence-electron chi connectivity index (χ4n) is 1.57. The number of benzene rings is 2. The highest BCUT2D eigenvalue weighted by Crippen LogP contribution is 2.13. The van der Waals surface area contributed by atoms with Crippen LogP contribution in [0.2, 0.25) is 0 Å². The molecule has 0 aliphatic rings. The molecule has 0 aromatic heterocycles. The maximum Gasteiger partial charge on any atom is 0.251 e. The molecule has 0 unspecified atom stereocenters. The molecule has 3 nitrogen and oxygen atoms in total. The summed E-state index contributed by atoms with van der Waals surface area (Å²) in [6, 6.07) is 12.8. The van der Waals surface area contributed by atoms with Crippen LogP contribution in [0.15, 0.2) is 42.5 Å². The lowest BCUT2D eigenvalue weighted by Crippen LogP contribution is -2.17. The zero-order valence-corrected chi connectivity index (χ0v) is 16.4. The fraction of sp³-hybridized carbons (Fsp3) is 0.381. The van der Waals surface area contributed by atoms with Crippen molar-refractivity contribution in [3.05, 3.63) is 64.7 Å². The minimum Gasteiger partial charge on any atom is -0.508 e. The van der Waals surface area contributed by atoms with Gasteiger partial charge in [-0.25, -0.2) is 0 Å². The van der Waals surface area contributed by atoms with E-state index in [-0.39, 0.29) is 5.91 Å². The molecule has 2 rings (SSSR count). The van der Waals surface area contributed by atoms with E-state index in [0.717, 1.165) is 11.1 Å². The molecule has 0 saturated heterocycles. The molecule has 2 N–H and O–H groups in total. The number of amides is 1. The number of phenols is 1. The summed E-state index contributed by atoms with van der Waals surface area (Å²) in [4.78, 5) is 11.0. The van der Waals surface area contributed by atoms with E-state index in [0.29, 0.717) is 11.3 Å². The molecular weight excluding hydrogens is 298 g/mol. The van der Waals surface area contributed by atoms with Gasteiger partial charge in [-0.2, -0.15) is 0 Å². The lowest BCUT2D eigenvalue weighted by Gasteiger charge is -1.98. The fourth-order valence-corrected chi connectivity index (χ4v) is 1.57.